The van der Waals surface area contributed by atoms with Gasteiger partial charge in [0.15, 0.2) is 11.6 Å². The van der Waals surface area contributed by atoms with Crippen LogP contribution in [0.2, 0.25) is 0 Å². The Hall–Kier alpha value is -3.61. The highest BCUT2D eigenvalue weighted by Crippen LogP contribution is 2.41. The van der Waals surface area contributed by atoms with E-state index >= 15 is 0 Å². The molecule has 7 heteroatoms. The van der Waals surface area contributed by atoms with E-state index < -0.39 is 0 Å². The molecular weight excluding hydrogens is 380 g/mol. The number of ether oxygens (including phenoxy) is 2. The minimum atomic E-state index is -0.328. The van der Waals surface area contributed by atoms with Crippen molar-refractivity contribution in [2.45, 2.75) is 25.3 Å². The van der Waals surface area contributed by atoms with Gasteiger partial charge in [-0.2, -0.15) is 4.98 Å². The first kappa shape index (κ1) is 18.4. The van der Waals surface area contributed by atoms with E-state index in [0.717, 1.165) is 41.0 Å². The summed E-state index contributed by atoms with van der Waals surface area (Å²) in [6.45, 7) is 0. The highest BCUT2D eigenvalue weighted by Gasteiger charge is 2.37. The number of ketones is 1. The molecule has 0 bridgehead atoms. The van der Waals surface area contributed by atoms with Gasteiger partial charge in [0.2, 0.25) is 5.95 Å². The third kappa shape index (κ3) is 2.94. The summed E-state index contributed by atoms with van der Waals surface area (Å²) in [5.41, 5.74) is 3.49. The van der Waals surface area contributed by atoms with Crippen molar-refractivity contribution in [2.75, 3.05) is 19.5 Å². The first-order valence-corrected chi connectivity index (χ1v) is 9.96. The highest BCUT2D eigenvalue weighted by molar-refractivity contribution is 5.99. The molecule has 0 unspecified atom stereocenters. The number of nitrogens with one attached hydrogen (secondary N) is 1. The molecule has 2 aromatic carbocycles. The van der Waals surface area contributed by atoms with Crippen LogP contribution < -0.4 is 14.8 Å². The maximum absolute atomic E-state index is 12.9. The molecule has 0 saturated heterocycles. The van der Waals surface area contributed by atoms with Gasteiger partial charge in [-0.05, 0) is 42.7 Å². The van der Waals surface area contributed by atoms with E-state index in [9.17, 15) is 4.79 Å². The number of hydrogen-bond donors (Lipinski definition) is 1. The number of methoxy groups -OCH3 is 2. The Balaban J connectivity index is 1.66. The van der Waals surface area contributed by atoms with E-state index in [-0.39, 0.29) is 11.8 Å². The highest BCUT2D eigenvalue weighted by atomic mass is 16.5. The zero-order valence-corrected chi connectivity index (χ0v) is 16.9. The molecule has 2 aliphatic rings. The van der Waals surface area contributed by atoms with E-state index in [1.807, 2.05) is 53.2 Å². The summed E-state index contributed by atoms with van der Waals surface area (Å²) in [5.74, 6) is 2.82. The van der Waals surface area contributed by atoms with Crippen molar-refractivity contribution < 1.29 is 14.3 Å². The average Bonchev–Trinajstić information content (AvgIpc) is 3.21. The maximum atomic E-state index is 12.9. The molecular formula is C23H22N4O3. The largest absolute Gasteiger partial charge is 0.497 e. The normalized spacial score (nSPS) is 17.8. The fourth-order valence-corrected chi connectivity index (χ4v) is 4.19. The number of nitrogens with zero attached hydrogens (tertiary/aromatic N) is 3. The molecule has 1 atom stereocenters. The summed E-state index contributed by atoms with van der Waals surface area (Å²) in [6, 6.07) is 15.1. The number of para-hydroxylation sites is 1. The Kier molecular flexibility index (Phi) is 4.50. The molecule has 152 valence electrons. The van der Waals surface area contributed by atoms with Crippen molar-refractivity contribution in [1.29, 1.82) is 0 Å². The number of hydrogen-bond acceptors (Lipinski definition) is 6. The fourth-order valence-electron chi connectivity index (χ4n) is 4.19. The van der Waals surface area contributed by atoms with Crippen molar-refractivity contribution >= 4 is 11.7 Å². The summed E-state index contributed by atoms with van der Waals surface area (Å²) >= 11 is 0. The number of benzene rings is 2. The Bertz CT molecular complexity index is 1150. The molecule has 0 fully saturated rings. The van der Waals surface area contributed by atoms with Gasteiger partial charge in [-0.25, -0.2) is 4.68 Å². The van der Waals surface area contributed by atoms with E-state index in [4.69, 9.17) is 19.6 Å². The Labute approximate surface area is 174 Å². The molecule has 30 heavy (non-hydrogen) atoms. The van der Waals surface area contributed by atoms with E-state index in [1.54, 1.807) is 14.2 Å². The second-order valence-electron chi connectivity index (χ2n) is 7.37. The molecule has 3 aromatic rings. The van der Waals surface area contributed by atoms with Crippen LogP contribution in [0.25, 0.3) is 11.4 Å². The van der Waals surface area contributed by atoms with E-state index in [2.05, 4.69) is 5.32 Å². The summed E-state index contributed by atoms with van der Waals surface area (Å²) in [7, 11) is 3.27. The van der Waals surface area contributed by atoms with Crippen molar-refractivity contribution in [3.05, 3.63) is 65.4 Å². The first-order chi connectivity index (χ1) is 14.7. The monoisotopic (exact) mass is 402 g/mol. The van der Waals surface area contributed by atoms with Crippen molar-refractivity contribution in [3.8, 4) is 22.9 Å². The molecule has 0 saturated carbocycles. The smallest absolute Gasteiger partial charge is 0.226 e. The van der Waals surface area contributed by atoms with Gasteiger partial charge in [0, 0.05) is 17.7 Å². The second-order valence-corrected chi connectivity index (χ2v) is 7.37. The van der Waals surface area contributed by atoms with Gasteiger partial charge in [0.1, 0.15) is 17.5 Å². The SMILES string of the molecule is COc1ccc([C@H]2C3=C(CCCC3=O)Nc3nc(-c4ccccc4OC)nn32)cc1. The van der Waals surface area contributed by atoms with Crippen LogP contribution in [0.4, 0.5) is 5.95 Å². The van der Waals surface area contributed by atoms with Crippen LogP contribution in [0.15, 0.2) is 59.8 Å². The number of aromatic nitrogens is 3. The van der Waals surface area contributed by atoms with Crippen LogP contribution in [0.5, 0.6) is 11.5 Å². The molecule has 1 N–H and O–H groups in total. The van der Waals surface area contributed by atoms with Crippen LogP contribution in [0, 0.1) is 0 Å². The van der Waals surface area contributed by atoms with Crippen molar-refractivity contribution in [2.24, 2.45) is 0 Å². The minimum Gasteiger partial charge on any atom is -0.497 e. The van der Waals surface area contributed by atoms with Gasteiger partial charge in [-0.1, -0.05) is 24.3 Å². The van der Waals surface area contributed by atoms with E-state index in [0.29, 0.717) is 23.9 Å². The molecule has 2 heterocycles. The third-order valence-corrected chi connectivity index (χ3v) is 5.65. The third-order valence-electron chi connectivity index (χ3n) is 5.65. The van der Waals surface area contributed by atoms with Crippen LogP contribution in [0.3, 0.4) is 0 Å². The number of allylic oxidation sites excluding steroid dienone is 2. The van der Waals surface area contributed by atoms with Crippen LogP contribution in [-0.4, -0.2) is 34.8 Å². The van der Waals surface area contributed by atoms with Gasteiger partial charge in [0.25, 0.3) is 0 Å². The fraction of sp³-hybridized carbons (Fsp3) is 0.261. The van der Waals surface area contributed by atoms with Gasteiger partial charge >= 0.3 is 0 Å². The number of carbonyl (C=O) groups is 1. The van der Waals surface area contributed by atoms with Gasteiger partial charge in [-0.15, -0.1) is 5.10 Å². The molecule has 0 spiro atoms. The lowest BCUT2D eigenvalue weighted by atomic mass is 9.85. The molecule has 7 nitrogen and oxygen atoms in total. The summed E-state index contributed by atoms with van der Waals surface area (Å²) in [5, 5.41) is 8.16. The standard InChI is InChI=1S/C23H22N4O3/c1-29-15-12-10-14(11-13-15)21-20-17(7-5-8-18(20)28)24-23-25-22(26-27(21)23)16-6-3-4-9-19(16)30-2/h3-4,6,9-13,21H,5,7-8H2,1-2H3,(H,24,25,26)/t21-/m0/s1. The van der Waals surface area contributed by atoms with Crippen LogP contribution in [-0.2, 0) is 4.79 Å². The maximum Gasteiger partial charge on any atom is 0.226 e. The topological polar surface area (TPSA) is 78.3 Å². The number of Topliss-reactive ketones (excluding diaryl/α,β-unsaturated/α-hetero) is 1. The second kappa shape index (κ2) is 7.33. The van der Waals surface area contributed by atoms with Gasteiger partial charge in [0.05, 0.1) is 19.8 Å². The van der Waals surface area contributed by atoms with Crippen molar-refractivity contribution in [3.63, 3.8) is 0 Å². The lowest BCUT2D eigenvalue weighted by Gasteiger charge is -2.32. The lowest BCUT2D eigenvalue weighted by Crippen LogP contribution is -2.31. The Morgan fingerprint density at radius 2 is 1.83 bits per heavy atom. The predicted molar refractivity (Wildman–Crippen MR) is 113 cm³/mol. The van der Waals surface area contributed by atoms with Gasteiger partial charge in [-0.3, -0.25) is 4.79 Å². The molecule has 1 aliphatic heterocycles. The zero-order chi connectivity index (χ0) is 20.7. The average molecular weight is 402 g/mol. The lowest BCUT2D eigenvalue weighted by molar-refractivity contribution is -0.116. The minimum absolute atomic E-state index is 0.157. The van der Waals surface area contributed by atoms with Crippen LogP contribution in [0.1, 0.15) is 30.9 Å². The summed E-state index contributed by atoms with van der Waals surface area (Å²) in [4.78, 5) is 17.7. The summed E-state index contributed by atoms with van der Waals surface area (Å²) in [6.07, 6.45) is 2.22. The zero-order valence-electron chi connectivity index (χ0n) is 16.9. The molecule has 0 radical (unpaired) electrons. The summed E-state index contributed by atoms with van der Waals surface area (Å²) < 4.78 is 12.6. The van der Waals surface area contributed by atoms with E-state index in [1.165, 1.54) is 0 Å². The number of carbonyl (C=O) groups excluding carboxylic acids is 1. The quantitative estimate of drug-likeness (QED) is 0.711. The molecule has 5 rings (SSSR count). The van der Waals surface area contributed by atoms with Gasteiger partial charge < -0.3 is 14.8 Å². The number of anilines is 1. The molecule has 1 aliphatic carbocycles. The number of fused-ring (bicyclic) bond motifs is 1. The molecule has 1 aromatic heterocycles. The van der Waals surface area contributed by atoms with Crippen molar-refractivity contribution in [1.82, 2.24) is 14.8 Å². The number of rotatable bonds is 4. The van der Waals surface area contributed by atoms with Crippen LogP contribution >= 0.6 is 0 Å². The molecule has 0 amide bonds. The Morgan fingerprint density at radius 1 is 1.03 bits per heavy atom. The predicted octanol–water partition coefficient (Wildman–Crippen LogP) is 3.98. The Morgan fingerprint density at radius 3 is 2.60 bits per heavy atom. The first-order valence-electron chi connectivity index (χ1n) is 9.96.